The summed E-state index contributed by atoms with van der Waals surface area (Å²) in [5.74, 6) is -0.00858. The Morgan fingerprint density at radius 2 is 2.30 bits per heavy atom. The lowest BCUT2D eigenvalue weighted by Gasteiger charge is -2.06. The molecule has 1 atom stereocenters. The maximum atomic E-state index is 11.9. The van der Waals surface area contributed by atoms with E-state index in [2.05, 4.69) is 4.98 Å². The number of aryl methyl sites for hydroxylation is 1. The van der Waals surface area contributed by atoms with Gasteiger partial charge in [0, 0.05) is 5.39 Å². The van der Waals surface area contributed by atoms with Gasteiger partial charge in [-0.2, -0.15) is 0 Å². The number of carbonyl (C=O) groups excluding carboxylic acids is 1. The Morgan fingerprint density at radius 3 is 2.95 bits per heavy atom. The van der Waals surface area contributed by atoms with Crippen LogP contribution >= 0.6 is 11.6 Å². The number of nitrogens with one attached hydrogen (secondary N) is 1. The lowest BCUT2D eigenvalue weighted by molar-refractivity contribution is 0.0590. The van der Waals surface area contributed by atoms with Gasteiger partial charge in [0.15, 0.2) is 11.4 Å². The second-order valence-corrected chi connectivity index (χ2v) is 5.11. The summed E-state index contributed by atoms with van der Waals surface area (Å²) in [4.78, 5) is 14.9. The van der Waals surface area contributed by atoms with Crippen LogP contribution in [0.15, 0.2) is 12.1 Å². The standard InChI is InChI=1S/C14H14ClNO4/c1-7-3-4-9(15)11-10(7)13(20-6-8-5-19-8)12(16-11)14(17)18-2/h3-4,8,16H,5-6H2,1-2H3. The van der Waals surface area contributed by atoms with Crippen LogP contribution in [0.4, 0.5) is 0 Å². The van der Waals surface area contributed by atoms with Crippen LogP contribution in [0.1, 0.15) is 16.1 Å². The Hall–Kier alpha value is -1.72. The average Bonchev–Trinajstić information content (AvgIpc) is 3.19. The summed E-state index contributed by atoms with van der Waals surface area (Å²) in [5.41, 5.74) is 1.93. The van der Waals surface area contributed by atoms with Crippen molar-refractivity contribution in [3.8, 4) is 5.75 Å². The minimum Gasteiger partial charge on any atom is -0.488 e. The quantitative estimate of drug-likeness (QED) is 0.696. The molecule has 2 heterocycles. The molecular formula is C14H14ClNO4. The number of epoxide rings is 1. The lowest BCUT2D eigenvalue weighted by atomic mass is 10.1. The normalized spacial score (nSPS) is 17.2. The molecule has 106 valence electrons. The van der Waals surface area contributed by atoms with E-state index in [-0.39, 0.29) is 11.8 Å². The molecule has 1 N–H and O–H groups in total. The van der Waals surface area contributed by atoms with Crippen LogP contribution in [-0.4, -0.2) is 37.4 Å². The fourth-order valence-corrected chi connectivity index (χ4v) is 2.34. The molecule has 6 heteroatoms. The van der Waals surface area contributed by atoms with E-state index in [4.69, 9.17) is 25.8 Å². The number of fused-ring (bicyclic) bond motifs is 1. The molecule has 0 amide bonds. The summed E-state index contributed by atoms with van der Waals surface area (Å²) >= 11 is 6.17. The van der Waals surface area contributed by atoms with Crippen molar-refractivity contribution in [2.45, 2.75) is 13.0 Å². The number of carbonyl (C=O) groups is 1. The van der Waals surface area contributed by atoms with Crippen molar-refractivity contribution < 1.29 is 19.0 Å². The second kappa shape index (κ2) is 5.00. The molecule has 5 nitrogen and oxygen atoms in total. The number of halogens is 1. The predicted molar refractivity (Wildman–Crippen MR) is 74.6 cm³/mol. The maximum Gasteiger partial charge on any atom is 0.358 e. The highest BCUT2D eigenvalue weighted by Gasteiger charge is 2.27. The zero-order chi connectivity index (χ0) is 14.3. The van der Waals surface area contributed by atoms with Crippen molar-refractivity contribution in [3.63, 3.8) is 0 Å². The zero-order valence-electron chi connectivity index (χ0n) is 11.2. The van der Waals surface area contributed by atoms with Gasteiger partial charge in [0.2, 0.25) is 0 Å². The third-order valence-corrected chi connectivity index (χ3v) is 3.59. The van der Waals surface area contributed by atoms with Gasteiger partial charge in [-0.25, -0.2) is 4.79 Å². The van der Waals surface area contributed by atoms with Crippen molar-refractivity contribution in [2.75, 3.05) is 20.3 Å². The summed E-state index contributed by atoms with van der Waals surface area (Å²) < 4.78 is 15.7. The van der Waals surface area contributed by atoms with Crippen LogP contribution in [0.3, 0.4) is 0 Å². The molecule has 1 fully saturated rings. The van der Waals surface area contributed by atoms with E-state index in [0.29, 0.717) is 29.5 Å². The average molecular weight is 296 g/mol. The fraction of sp³-hybridized carbons (Fsp3) is 0.357. The molecule has 0 radical (unpaired) electrons. The first-order chi connectivity index (χ1) is 9.61. The Balaban J connectivity index is 2.14. The number of H-pyrrole nitrogens is 1. The van der Waals surface area contributed by atoms with Crippen molar-refractivity contribution in [3.05, 3.63) is 28.4 Å². The number of hydrogen-bond acceptors (Lipinski definition) is 4. The van der Waals surface area contributed by atoms with Crippen molar-refractivity contribution >= 4 is 28.5 Å². The Labute approximate surface area is 120 Å². The summed E-state index contributed by atoms with van der Waals surface area (Å²) in [5, 5.41) is 1.34. The number of benzene rings is 1. The van der Waals surface area contributed by atoms with Crippen molar-refractivity contribution in [2.24, 2.45) is 0 Å². The van der Waals surface area contributed by atoms with E-state index in [9.17, 15) is 4.79 Å². The minimum atomic E-state index is -0.483. The number of ether oxygens (including phenoxy) is 3. The molecule has 20 heavy (non-hydrogen) atoms. The number of aromatic nitrogens is 1. The fourth-order valence-electron chi connectivity index (χ4n) is 2.13. The highest BCUT2D eigenvalue weighted by molar-refractivity contribution is 6.35. The van der Waals surface area contributed by atoms with Gasteiger partial charge >= 0.3 is 5.97 Å². The topological polar surface area (TPSA) is 63.9 Å². The first kappa shape index (κ1) is 13.3. The number of hydrogen-bond donors (Lipinski definition) is 1. The van der Waals surface area contributed by atoms with Gasteiger partial charge in [-0.1, -0.05) is 17.7 Å². The Morgan fingerprint density at radius 1 is 1.55 bits per heavy atom. The molecule has 0 aliphatic carbocycles. The van der Waals surface area contributed by atoms with Crippen LogP contribution in [0, 0.1) is 6.92 Å². The van der Waals surface area contributed by atoms with Gasteiger partial charge in [0.25, 0.3) is 0 Å². The Bertz CT molecular complexity index is 675. The summed E-state index contributed by atoms with van der Waals surface area (Å²) in [6, 6.07) is 3.67. The number of rotatable bonds is 4. The van der Waals surface area contributed by atoms with Gasteiger partial charge in [-0.15, -0.1) is 0 Å². The SMILES string of the molecule is COC(=O)c1[nH]c2c(Cl)ccc(C)c2c1OCC1CO1. The van der Waals surface area contributed by atoms with Crippen LogP contribution < -0.4 is 4.74 Å². The molecule has 2 aromatic rings. The van der Waals surface area contributed by atoms with Gasteiger partial charge in [-0.3, -0.25) is 0 Å². The number of esters is 1. The molecule has 0 spiro atoms. The molecule has 1 aromatic heterocycles. The van der Waals surface area contributed by atoms with E-state index in [0.717, 1.165) is 10.9 Å². The van der Waals surface area contributed by atoms with E-state index in [1.54, 1.807) is 6.07 Å². The van der Waals surface area contributed by atoms with Crippen LogP contribution in [0.25, 0.3) is 10.9 Å². The monoisotopic (exact) mass is 295 g/mol. The van der Waals surface area contributed by atoms with Crippen LogP contribution in [0.5, 0.6) is 5.75 Å². The van der Waals surface area contributed by atoms with E-state index in [1.807, 2.05) is 13.0 Å². The molecule has 1 aliphatic rings. The van der Waals surface area contributed by atoms with Crippen LogP contribution in [0.2, 0.25) is 5.02 Å². The van der Waals surface area contributed by atoms with E-state index < -0.39 is 5.97 Å². The molecular weight excluding hydrogens is 282 g/mol. The highest BCUT2D eigenvalue weighted by Crippen LogP contribution is 2.37. The third-order valence-electron chi connectivity index (χ3n) is 3.27. The zero-order valence-corrected chi connectivity index (χ0v) is 11.9. The molecule has 1 aromatic carbocycles. The molecule has 0 saturated carbocycles. The summed E-state index contributed by atoms with van der Waals surface area (Å²) in [6.07, 6.45) is 0.102. The van der Waals surface area contributed by atoms with Gasteiger partial charge < -0.3 is 19.2 Å². The first-order valence-electron chi connectivity index (χ1n) is 6.25. The minimum absolute atomic E-state index is 0.102. The van der Waals surface area contributed by atoms with Crippen LogP contribution in [-0.2, 0) is 9.47 Å². The summed E-state index contributed by atoms with van der Waals surface area (Å²) in [7, 11) is 1.33. The number of methoxy groups -OCH3 is 1. The predicted octanol–water partition coefficient (Wildman–Crippen LogP) is 2.69. The number of aromatic amines is 1. The van der Waals surface area contributed by atoms with Gasteiger partial charge in [0.1, 0.15) is 12.7 Å². The largest absolute Gasteiger partial charge is 0.488 e. The highest BCUT2D eigenvalue weighted by atomic mass is 35.5. The van der Waals surface area contributed by atoms with Crippen molar-refractivity contribution in [1.29, 1.82) is 0 Å². The smallest absolute Gasteiger partial charge is 0.358 e. The van der Waals surface area contributed by atoms with E-state index in [1.165, 1.54) is 7.11 Å². The Kier molecular flexibility index (Phi) is 3.31. The van der Waals surface area contributed by atoms with Gasteiger partial charge in [-0.05, 0) is 18.6 Å². The lowest BCUT2D eigenvalue weighted by Crippen LogP contribution is -2.09. The maximum absolute atomic E-state index is 11.9. The second-order valence-electron chi connectivity index (χ2n) is 4.70. The van der Waals surface area contributed by atoms with Crippen molar-refractivity contribution in [1.82, 2.24) is 4.98 Å². The third kappa shape index (κ3) is 2.23. The molecule has 1 unspecified atom stereocenters. The summed E-state index contributed by atoms with van der Waals surface area (Å²) in [6.45, 7) is 3.03. The molecule has 3 rings (SSSR count). The first-order valence-corrected chi connectivity index (χ1v) is 6.63. The van der Waals surface area contributed by atoms with E-state index >= 15 is 0 Å². The molecule has 0 bridgehead atoms. The van der Waals surface area contributed by atoms with Gasteiger partial charge in [0.05, 0.1) is 24.3 Å². The molecule has 1 aliphatic heterocycles. The molecule has 1 saturated heterocycles.